The number of rotatable bonds is 2. The average Bonchev–Trinajstić information content (AvgIpc) is 2.72. The van der Waals surface area contributed by atoms with E-state index in [0.717, 1.165) is 32.0 Å². The van der Waals surface area contributed by atoms with E-state index >= 15 is 0 Å². The molecule has 3 aliphatic heterocycles. The highest BCUT2D eigenvalue weighted by atomic mass is 16.5. The quantitative estimate of drug-likeness (QED) is 0.712. The number of fused-ring (bicyclic) bond motifs is 2. The molecule has 3 nitrogen and oxygen atoms in total. The lowest BCUT2D eigenvalue weighted by atomic mass is 9.83. The second-order valence-electron chi connectivity index (χ2n) is 5.61. The van der Waals surface area contributed by atoms with Crippen molar-refractivity contribution in [3.63, 3.8) is 0 Å². The predicted octanol–water partition coefficient (Wildman–Crippen LogP) is 1.61. The number of Topliss-reactive ketones (excluding diaryl/α,β-unsaturated/α-hetero) is 1. The summed E-state index contributed by atoms with van der Waals surface area (Å²) in [5.41, 5.74) is 0. The topological polar surface area (TPSA) is 29.5 Å². The van der Waals surface area contributed by atoms with Crippen LogP contribution in [0.5, 0.6) is 0 Å². The van der Waals surface area contributed by atoms with Gasteiger partial charge in [-0.1, -0.05) is 6.42 Å². The summed E-state index contributed by atoms with van der Waals surface area (Å²) >= 11 is 0. The molecule has 0 aliphatic carbocycles. The van der Waals surface area contributed by atoms with E-state index in [1.807, 2.05) is 0 Å². The molecule has 0 amide bonds. The summed E-state index contributed by atoms with van der Waals surface area (Å²) in [6.45, 7) is 3.04. The molecule has 0 N–H and O–H groups in total. The van der Waals surface area contributed by atoms with Crippen molar-refractivity contribution >= 4 is 5.78 Å². The van der Waals surface area contributed by atoms with E-state index in [4.69, 9.17) is 4.74 Å². The monoisotopic (exact) mass is 223 g/mol. The second kappa shape index (κ2) is 4.46. The first-order chi connectivity index (χ1) is 7.83. The minimum atomic E-state index is 0.494. The van der Waals surface area contributed by atoms with Gasteiger partial charge in [-0.15, -0.1) is 0 Å². The SMILES string of the molecule is O=C1CC2CCCC(C1)N2CC1CCOC1. The highest BCUT2D eigenvalue weighted by Crippen LogP contribution is 2.33. The van der Waals surface area contributed by atoms with E-state index in [1.54, 1.807) is 0 Å². The Bertz CT molecular complexity index is 257. The molecular weight excluding hydrogens is 202 g/mol. The Morgan fingerprint density at radius 1 is 1.19 bits per heavy atom. The van der Waals surface area contributed by atoms with Crippen molar-refractivity contribution in [3.05, 3.63) is 0 Å². The fourth-order valence-corrected chi connectivity index (χ4v) is 3.59. The Hall–Kier alpha value is -0.410. The first-order valence-corrected chi connectivity index (χ1v) is 6.68. The molecule has 0 aromatic carbocycles. The average molecular weight is 223 g/mol. The van der Waals surface area contributed by atoms with Crippen LogP contribution in [0.25, 0.3) is 0 Å². The molecule has 0 saturated carbocycles. The number of hydrogen-bond acceptors (Lipinski definition) is 3. The maximum absolute atomic E-state index is 11.6. The Morgan fingerprint density at radius 3 is 2.56 bits per heavy atom. The first kappa shape index (κ1) is 10.7. The van der Waals surface area contributed by atoms with Crippen molar-refractivity contribution in [1.29, 1.82) is 0 Å². The molecule has 3 atom stereocenters. The second-order valence-corrected chi connectivity index (χ2v) is 5.61. The van der Waals surface area contributed by atoms with Crippen LogP contribution < -0.4 is 0 Å². The standard InChI is InChI=1S/C13H21NO2/c15-13-6-11-2-1-3-12(7-13)14(11)8-10-4-5-16-9-10/h10-12H,1-9H2. The summed E-state index contributed by atoms with van der Waals surface area (Å²) in [7, 11) is 0. The van der Waals surface area contributed by atoms with Crippen LogP contribution in [0.2, 0.25) is 0 Å². The zero-order valence-electron chi connectivity index (χ0n) is 9.86. The summed E-state index contributed by atoms with van der Waals surface area (Å²) in [5, 5.41) is 0. The van der Waals surface area contributed by atoms with Crippen molar-refractivity contribution in [1.82, 2.24) is 4.90 Å². The van der Waals surface area contributed by atoms with Crippen molar-refractivity contribution < 1.29 is 9.53 Å². The summed E-state index contributed by atoms with van der Waals surface area (Å²) < 4.78 is 5.45. The summed E-state index contributed by atoms with van der Waals surface area (Å²) in [6, 6.07) is 1.11. The van der Waals surface area contributed by atoms with E-state index in [2.05, 4.69) is 4.90 Å². The van der Waals surface area contributed by atoms with Crippen LogP contribution in [-0.2, 0) is 9.53 Å². The first-order valence-electron chi connectivity index (χ1n) is 6.68. The van der Waals surface area contributed by atoms with Gasteiger partial charge in [0.15, 0.2) is 0 Å². The van der Waals surface area contributed by atoms with Gasteiger partial charge in [0.05, 0.1) is 6.61 Å². The third kappa shape index (κ3) is 2.03. The number of hydrogen-bond donors (Lipinski definition) is 0. The van der Waals surface area contributed by atoms with E-state index in [0.29, 0.717) is 17.9 Å². The van der Waals surface area contributed by atoms with Gasteiger partial charge in [0.2, 0.25) is 0 Å². The Labute approximate surface area is 97.1 Å². The summed E-state index contributed by atoms with van der Waals surface area (Å²) in [6.07, 6.45) is 6.62. The largest absolute Gasteiger partial charge is 0.381 e. The van der Waals surface area contributed by atoms with Gasteiger partial charge >= 0.3 is 0 Å². The molecule has 2 bridgehead atoms. The van der Waals surface area contributed by atoms with Crippen LogP contribution >= 0.6 is 0 Å². The van der Waals surface area contributed by atoms with Gasteiger partial charge in [0.1, 0.15) is 5.78 Å². The van der Waals surface area contributed by atoms with Gasteiger partial charge in [-0.25, -0.2) is 0 Å². The fourth-order valence-electron chi connectivity index (χ4n) is 3.59. The van der Waals surface area contributed by atoms with Gasteiger partial charge in [-0.05, 0) is 25.2 Å². The molecule has 0 aromatic heterocycles. The molecule has 3 aliphatic rings. The molecule has 3 heteroatoms. The van der Waals surface area contributed by atoms with Crippen molar-refractivity contribution in [3.8, 4) is 0 Å². The lowest BCUT2D eigenvalue weighted by Crippen LogP contribution is -2.53. The molecule has 0 aromatic rings. The molecule has 3 heterocycles. The Kier molecular flexibility index (Phi) is 2.99. The van der Waals surface area contributed by atoms with Gasteiger partial charge in [-0.2, -0.15) is 0 Å². The fraction of sp³-hybridized carbons (Fsp3) is 0.923. The Balaban J connectivity index is 1.66. The number of nitrogens with zero attached hydrogens (tertiary/aromatic N) is 1. The third-order valence-electron chi connectivity index (χ3n) is 4.43. The zero-order chi connectivity index (χ0) is 11.0. The summed E-state index contributed by atoms with van der Waals surface area (Å²) in [5.74, 6) is 1.21. The van der Waals surface area contributed by atoms with Crippen LogP contribution in [0.3, 0.4) is 0 Å². The molecule has 16 heavy (non-hydrogen) atoms. The molecular formula is C13H21NO2. The van der Waals surface area contributed by atoms with E-state index < -0.39 is 0 Å². The molecule has 0 spiro atoms. The number of carbonyl (C=O) groups excluding carboxylic acids is 1. The van der Waals surface area contributed by atoms with Crippen LogP contribution in [0.15, 0.2) is 0 Å². The number of piperidine rings is 2. The maximum Gasteiger partial charge on any atom is 0.136 e. The molecule has 3 unspecified atom stereocenters. The van der Waals surface area contributed by atoms with Crippen molar-refractivity contribution in [2.45, 2.75) is 50.6 Å². The number of ether oxygens (including phenoxy) is 1. The van der Waals surface area contributed by atoms with Crippen molar-refractivity contribution in [2.24, 2.45) is 5.92 Å². The van der Waals surface area contributed by atoms with E-state index in [1.165, 1.54) is 32.2 Å². The molecule has 90 valence electrons. The minimum absolute atomic E-state index is 0.494. The molecule has 3 fully saturated rings. The minimum Gasteiger partial charge on any atom is -0.381 e. The zero-order valence-corrected chi connectivity index (χ0v) is 9.86. The smallest absolute Gasteiger partial charge is 0.136 e. The molecule has 3 saturated heterocycles. The predicted molar refractivity (Wildman–Crippen MR) is 61.3 cm³/mol. The highest BCUT2D eigenvalue weighted by molar-refractivity contribution is 5.80. The number of ketones is 1. The van der Waals surface area contributed by atoms with Gasteiger partial charge < -0.3 is 4.74 Å². The lowest BCUT2D eigenvalue weighted by molar-refractivity contribution is -0.127. The highest BCUT2D eigenvalue weighted by Gasteiger charge is 2.38. The van der Waals surface area contributed by atoms with E-state index in [9.17, 15) is 4.79 Å². The normalized spacial score (nSPS) is 40.2. The lowest BCUT2D eigenvalue weighted by Gasteiger charge is -2.46. The number of carbonyl (C=O) groups is 1. The Morgan fingerprint density at radius 2 is 1.94 bits per heavy atom. The molecule has 3 rings (SSSR count). The van der Waals surface area contributed by atoms with Gasteiger partial charge in [0, 0.05) is 38.1 Å². The summed E-state index contributed by atoms with van der Waals surface area (Å²) in [4.78, 5) is 14.2. The van der Waals surface area contributed by atoms with Crippen LogP contribution in [0.4, 0.5) is 0 Å². The van der Waals surface area contributed by atoms with Gasteiger partial charge in [0.25, 0.3) is 0 Å². The van der Waals surface area contributed by atoms with Crippen LogP contribution in [0.1, 0.15) is 38.5 Å². The van der Waals surface area contributed by atoms with Crippen LogP contribution in [0, 0.1) is 5.92 Å². The molecule has 0 radical (unpaired) electrons. The third-order valence-corrected chi connectivity index (χ3v) is 4.43. The maximum atomic E-state index is 11.6. The van der Waals surface area contributed by atoms with Crippen molar-refractivity contribution in [2.75, 3.05) is 19.8 Å². The van der Waals surface area contributed by atoms with Gasteiger partial charge in [-0.3, -0.25) is 9.69 Å². The van der Waals surface area contributed by atoms with E-state index in [-0.39, 0.29) is 0 Å². The van der Waals surface area contributed by atoms with Crippen LogP contribution in [-0.4, -0.2) is 42.5 Å².